The molecule has 0 unspecified atom stereocenters. The zero-order valence-electron chi connectivity index (χ0n) is 11.7. The highest BCUT2D eigenvalue weighted by molar-refractivity contribution is 5.86. The number of imidazole rings is 1. The number of rotatable bonds is 3. The molecule has 112 valence electrons. The van der Waals surface area contributed by atoms with Crippen LogP contribution in [-0.2, 0) is 6.54 Å². The largest absolute Gasteiger partial charge is 0.477 e. The Labute approximate surface area is 124 Å². The minimum Gasteiger partial charge on any atom is -0.477 e. The van der Waals surface area contributed by atoms with Crippen LogP contribution in [0.1, 0.15) is 21.6 Å². The molecule has 1 aromatic carbocycles. The molecule has 0 radical (unpaired) electrons. The van der Waals surface area contributed by atoms with Crippen LogP contribution >= 0.6 is 0 Å². The lowest BCUT2D eigenvalue weighted by molar-refractivity contribution is 0.0691. The lowest BCUT2D eigenvalue weighted by Gasteiger charge is -2.07. The topological polar surface area (TPSA) is 96.6 Å². The molecule has 0 spiro atoms. The Morgan fingerprint density at radius 2 is 1.91 bits per heavy atom. The molecule has 3 rings (SSSR count). The predicted octanol–water partition coefficient (Wildman–Crippen LogP) is 0.844. The van der Waals surface area contributed by atoms with Gasteiger partial charge in [0.15, 0.2) is 0 Å². The van der Waals surface area contributed by atoms with E-state index < -0.39 is 17.2 Å². The van der Waals surface area contributed by atoms with Gasteiger partial charge in [-0.1, -0.05) is 30.3 Å². The highest BCUT2D eigenvalue weighted by Gasteiger charge is 2.16. The van der Waals surface area contributed by atoms with Crippen molar-refractivity contribution in [3.63, 3.8) is 0 Å². The number of nitrogens with zero attached hydrogens (tertiary/aromatic N) is 2. The first-order chi connectivity index (χ1) is 10.5. The Balaban J connectivity index is 2.25. The molecule has 0 aliphatic carbocycles. The van der Waals surface area contributed by atoms with Crippen molar-refractivity contribution in [2.24, 2.45) is 0 Å². The minimum atomic E-state index is -1.19. The zero-order valence-corrected chi connectivity index (χ0v) is 11.7. The van der Waals surface area contributed by atoms with Gasteiger partial charge in [-0.15, -0.1) is 0 Å². The van der Waals surface area contributed by atoms with E-state index in [2.05, 4.69) is 4.98 Å². The number of hydrogen-bond acceptors (Lipinski definition) is 3. The monoisotopic (exact) mass is 299 g/mol. The van der Waals surface area contributed by atoms with Crippen molar-refractivity contribution in [1.29, 1.82) is 0 Å². The molecule has 0 saturated heterocycles. The average Bonchev–Trinajstić information content (AvgIpc) is 2.96. The standard InChI is InChI=1S/C15H13N3O4/c1-9-12-16-11(14(20)21)8-17(12)15(22)18(13(9)19)7-10-5-3-2-4-6-10/h2-6,8,16H,7H2,1H3,(H,20,21). The fourth-order valence-electron chi connectivity index (χ4n) is 2.37. The van der Waals surface area contributed by atoms with Gasteiger partial charge in [-0.25, -0.2) is 9.59 Å². The van der Waals surface area contributed by atoms with E-state index in [9.17, 15) is 14.4 Å². The van der Waals surface area contributed by atoms with E-state index in [1.165, 1.54) is 6.20 Å². The third-order valence-corrected chi connectivity index (χ3v) is 3.52. The molecule has 0 saturated carbocycles. The Morgan fingerprint density at radius 3 is 2.55 bits per heavy atom. The molecular formula is C15H13N3O4. The molecule has 22 heavy (non-hydrogen) atoms. The molecule has 0 fully saturated rings. The van der Waals surface area contributed by atoms with Crippen LogP contribution in [-0.4, -0.2) is 25.0 Å². The van der Waals surface area contributed by atoms with E-state index in [0.29, 0.717) is 5.56 Å². The van der Waals surface area contributed by atoms with Crippen molar-refractivity contribution in [3.8, 4) is 0 Å². The summed E-state index contributed by atoms with van der Waals surface area (Å²) in [6.45, 7) is 1.69. The van der Waals surface area contributed by atoms with Crippen molar-refractivity contribution >= 4 is 11.6 Å². The maximum atomic E-state index is 12.5. The number of carbonyl (C=O) groups is 1. The number of nitrogens with one attached hydrogen (secondary N) is 1. The van der Waals surface area contributed by atoms with Crippen molar-refractivity contribution in [2.75, 3.05) is 0 Å². The van der Waals surface area contributed by atoms with Gasteiger partial charge < -0.3 is 10.1 Å². The number of hydrogen-bond donors (Lipinski definition) is 2. The number of aromatic amines is 1. The van der Waals surface area contributed by atoms with Crippen LogP contribution < -0.4 is 11.2 Å². The Hall–Kier alpha value is -3.09. The quantitative estimate of drug-likeness (QED) is 0.749. The van der Waals surface area contributed by atoms with Crippen LogP contribution in [0.5, 0.6) is 0 Å². The molecule has 0 amide bonds. The smallest absolute Gasteiger partial charge is 0.353 e. The van der Waals surface area contributed by atoms with E-state index in [0.717, 1.165) is 14.5 Å². The van der Waals surface area contributed by atoms with Crippen LogP contribution in [0.25, 0.3) is 5.65 Å². The zero-order chi connectivity index (χ0) is 15.9. The van der Waals surface area contributed by atoms with Gasteiger partial charge in [-0.3, -0.25) is 13.8 Å². The first-order valence-corrected chi connectivity index (χ1v) is 6.61. The molecule has 0 atom stereocenters. The number of H-pyrrole nitrogens is 1. The predicted molar refractivity (Wildman–Crippen MR) is 79.5 cm³/mol. The summed E-state index contributed by atoms with van der Waals surface area (Å²) in [6, 6.07) is 9.12. The van der Waals surface area contributed by atoms with Gasteiger partial charge in [-0.2, -0.15) is 0 Å². The summed E-state index contributed by atoms with van der Waals surface area (Å²) < 4.78 is 2.25. The molecule has 0 aliphatic heterocycles. The van der Waals surface area contributed by atoms with E-state index in [1.807, 2.05) is 30.3 Å². The van der Waals surface area contributed by atoms with Gasteiger partial charge in [0, 0.05) is 6.20 Å². The fourth-order valence-corrected chi connectivity index (χ4v) is 2.37. The molecule has 7 heteroatoms. The molecular weight excluding hydrogens is 286 g/mol. The maximum Gasteiger partial charge on any atom is 0.353 e. The van der Waals surface area contributed by atoms with Crippen LogP contribution in [0.2, 0.25) is 0 Å². The van der Waals surface area contributed by atoms with E-state index >= 15 is 0 Å². The Morgan fingerprint density at radius 1 is 1.23 bits per heavy atom. The second-order valence-corrected chi connectivity index (χ2v) is 4.98. The summed E-state index contributed by atoms with van der Waals surface area (Å²) >= 11 is 0. The molecule has 0 bridgehead atoms. The van der Waals surface area contributed by atoms with Crippen LogP contribution in [0.15, 0.2) is 46.1 Å². The number of carboxylic acids is 1. The summed E-state index contributed by atoms with van der Waals surface area (Å²) in [5.74, 6) is -1.19. The average molecular weight is 299 g/mol. The number of aromatic nitrogens is 3. The van der Waals surface area contributed by atoms with E-state index in [-0.39, 0.29) is 17.9 Å². The fraction of sp³-hybridized carbons (Fsp3) is 0.133. The first-order valence-electron chi connectivity index (χ1n) is 6.61. The molecule has 3 aromatic rings. The SMILES string of the molecule is Cc1c(=O)n(Cc2ccccc2)c(=O)n2cc(C(=O)O)[nH]c12. The Bertz CT molecular complexity index is 980. The number of aromatic carboxylic acids is 1. The third-order valence-electron chi connectivity index (χ3n) is 3.52. The highest BCUT2D eigenvalue weighted by Crippen LogP contribution is 2.06. The van der Waals surface area contributed by atoms with Gasteiger partial charge in [0.1, 0.15) is 11.3 Å². The molecule has 2 heterocycles. The lowest BCUT2D eigenvalue weighted by Crippen LogP contribution is -2.38. The molecule has 2 N–H and O–H groups in total. The van der Waals surface area contributed by atoms with Gasteiger partial charge in [0.2, 0.25) is 0 Å². The summed E-state index contributed by atoms with van der Waals surface area (Å²) in [7, 11) is 0. The normalized spacial score (nSPS) is 11.0. The van der Waals surface area contributed by atoms with Crippen LogP contribution in [0.4, 0.5) is 0 Å². The summed E-state index contributed by atoms with van der Waals surface area (Å²) in [4.78, 5) is 38.4. The second kappa shape index (κ2) is 5.03. The van der Waals surface area contributed by atoms with Gasteiger partial charge in [0.05, 0.1) is 12.1 Å². The van der Waals surface area contributed by atoms with Gasteiger partial charge in [-0.05, 0) is 12.5 Å². The summed E-state index contributed by atoms with van der Waals surface area (Å²) in [5, 5.41) is 9.01. The van der Waals surface area contributed by atoms with Crippen molar-refractivity contribution in [1.82, 2.24) is 14.0 Å². The van der Waals surface area contributed by atoms with Crippen molar-refractivity contribution in [2.45, 2.75) is 13.5 Å². The summed E-state index contributed by atoms with van der Waals surface area (Å²) in [6.07, 6.45) is 1.19. The van der Waals surface area contributed by atoms with Gasteiger partial charge >= 0.3 is 11.7 Å². The highest BCUT2D eigenvalue weighted by atomic mass is 16.4. The van der Waals surface area contributed by atoms with E-state index in [1.54, 1.807) is 6.92 Å². The lowest BCUT2D eigenvalue weighted by atomic mass is 10.2. The van der Waals surface area contributed by atoms with Crippen molar-refractivity contribution in [3.05, 3.63) is 74.2 Å². The van der Waals surface area contributed by atoms with Crippen LogP contribution in [0.3, 0.4) is 0 Å². The third kappa shape index (κ3) is 2.12. The maximum absolute atomic E-state index is 12.5. The number of aryl methyl sites for hydroxylation is 1. The number of fused-ring (bicyclic) bond motifs is 1. The summed E-state index contributed by atoms with van der Waals surface area (Å²) in [5.41, 5.74) is 0.165. The van der Waals surface area contributed by atoms with E-state index in [4.69, 9.17) is 5.11 Å². The number of benzene rings is 1. The molecule has 0 aliphatic rings. The molecule has 2 aromatic heterocycles. The van der Waals surface area contributed by atoms with Crippen molar-refractivity contribution < 1.29 is 9.90 Å². The van der Waals surface area contributed by atoms with Crippen LogP contribution in [0, 0.1) is 6.92 Å². The first kappa shape index (κ1) is 13.9. The number of carboxylic acid groups (broad SMARTS) is 1. The minimum absolute atomic E-state index is 0.135. The molecule has 7 nitrogen and oxygen atoms in total. The Kier molecular flexibility index (Phi) is 3.17. The second-order valence-electron chi connectivity index (χ2n) is 4.98. The van der Waals surface area contributed by atoms with Gasteiger partial charge in [0.25, 0.3) is 5.56 Å².